The van der Waals surface area contributed by atoms with Gasteiger partial charge < -0.3 is 5.73 Å². The Balaban J connectivity index is 2.15. The molecule has 0 aliphatic carbocycles. The van der Waals surface area contributed by atoms with Gasteiger partial charge in [-0.2, -0.15) is 0 Å². The quantitative estimate of drug-likeness (QED) is 0.616. The largest absolute Gasteiger partial charge is 0.383 e. The molecule has 3 rings (SSSR count). The number of aromatic nitrogens is 2. The van der Waals surface area contributed by atoms with Crippen LogP contribution in [0.2, 0.25) is 5.02 Å². The fourth-order valence-corrected chi connectivity index (χ4v) is 4.94. The van der Waals surface area contributed by atoms with Crippen LogP contribution in [-0.2, 0) is 6.54 Å². The molecule has 0 aliphatic heterocycles. The molecule has 0 spiro atoms. The van der Waals surface area contributed by atoms with Crippen molar-refractivity contribution in [3.63, 3.8) is 0 Å². The van der Waals surface area contributed by atoms with Crippen molar-refractivity contribution in [1.82, 2.24) is 9.55 Å². The molecule has 0 atom stereocenters. The van der Waals surface area contributed by atoms with Crippen molar-refractivity contribution in [1.29, 1.82) is 0 Å². The third-order valence-electron chi connectivity index (χ3n) is 4.84. The fraction of sp³-hybridized carbons (Fsp3) is 0.350. The number of anilines is 2. The van der Waals surface area contributed by atoms with Gasteiger partial charge in [-0.25, -0.2) is 4.79 Å². The molecule has 2 aromatic heterocycles. The molecule has 2 heterocycles. The highest BCUT2D eigenvalue weighted by Gasteiger charge is 2.27. The van der Waals surface area contributed by atoms with Gasteiger partial charge in [0.2, 0.25) is 0 Å². The third kappa shape index (κ3) is 3.70. The highest BCUT2D eigenvalue weighted by Crippen LogP contribution is 2.38. The molecule has 29 heavy (non-hydrogen) atoms. The van der Waals surface area contributed by atoms with E-state index in [0.29, 0.717) is 16.4 Å². The summed E-state index contributed by atoms with van der Waals surface area (Å²) in [6.07, 6.45) is 1.57. The van der Waals surface area contributed by atoms with Crippen LogP contribution >= 0.6 is 22.9 Å². The molecule has 0 unspecified atom stereocenters. The lowest BCUT2D eigenvalue weighted by molar-refractivity contribution is 0.0992. The van der Waals surface area contributed by atoms with Crippen LogP contribution < -0.4 is 21.9 Å². The summed E-state index contributed by atoms with van der Waals surface area (Å²) >= 11 is 7.81. The first-order valence-corrected chi connectivity index (χ1v) is 10.6. The molecule has 9 heteroatoms. The number of nitrogen functional groups attached to an aromatic ring is 1. The molecule has 0 fully saturated rings. The normalized spacial score (nSPS) is 11.2. The smallest absolute Gasteiger partial charge is 0.330 e. The van der Waals surface area contributed by atoms with E-state index in [-0.39, 0.29) is 18.1 Å². The maximum absolute atomic E-state index is 13.3. The van der Waals surface area contributed by atoms with E-state index in [9.17, 15) is 14.4 Å². The molecule has 0 radical (unpaired) electrons. The summed E-state index contributed by atoms with van der Waals surface area (Å²) < 4.78 is 2.19. The van der Waals surface area contributed by atoms with Crippen LogP contribution in [0.25, 0.3) is 10.1 Å². The molecule has 0 aliphatic rings. The van der Waals surface area contributed by atoms with Gasteiger partial charge in [0, 0.05) is 23.2 Å². The number of carbonyl (C=O) groups is 1. The number of hydrogen-bond donors (Lipinski definition) is 2. The highest BCUT2D eigenvalue weighted by molar-refractivity contribution is 7.21. The Morgan fingerprint density at radius 2 is 2.03 bits per heavy atom. The van der Waals surface area contributed by atoms with E-state index in [1.54, 1.807) is 6.92 Å². The van der Waals surface area contributed by atoms with Crippen LogP contribution in [0.1, 0.15) is 41.9 Å². The first-order valence-electron chi connectivity index (χ1n) is 9.43. The number of aryl methyl sites for hydroxylation is 1. The first-order chi connectivity index (χ1) is 13.8. The van der Waals surface area contributed by atoms with Gasteiger partial charge in [-0.3, -0.25) is 24.0 Å². The van der Waals surface area contributed by atoms with Crippen LogP contribution in [0.15, 0.2) is 27.8 Å². The molecule has 0 bridgehead atoms. The molecular formula is C20H23ClN4O3S. The van der Waals surface area contributed by atoms with Gasteiger partial charge >= 0.3 is 5.69 Å². The van der Waals surface area contributed by atoms with E-state index < -0.39 is 17.2 Å². The minimum atomic E-state index is -0.691. The Morgan fingerprint density at radius 3 is 2.66 bits per heavy atom. The Bertz CT molecular complexity index is 1190. The fourth-order valence-electron chi connectivity index (χ4n) is 3.32. The standard InChI is InChI=1S/C20H23ClN4O3S/c1-4-6-10-25-17(22)15(18(26)23-20(25)28)24(5-2)19(27)16-14(21)13-11(3)8-7-9-12(13)29-16/h7-9H,4-6,10,22H2,1-3H3,(H,23,26,28). The van der Waals surface area contributed by atoms with Crippen molar-refractivity contribution in [3.8, 4) is 0 Å². The van der Waals surface area contributed by atoms with Gasteiger partial charge in [0.15, 0.2) is 5.69 Å². The van der Waals surface area contributed by atoms with Crippen molar-refractivity contribution in [3.05, 3.63) is 54.5 Å². The number of unbranched alkanes of at least 4 members (excludes halogenated alkanes) is 1. The van der Waals surface area contributed by atoms with Gasteiger partial charge in [-0.05, 0) is 31.9 Å². The molecule has 1 amide bonds. The second-order valence-corrected chi connectivity index (χ2v) is 8.17. The zero-order chi connectivity index (χ0) is 21.3. The number of nitrogens with two attached hydrogens (primary N) is 1. The lowest BCUT2D eigenvalue weighted by Crippen LogP contribution is -2.41. The van der Waals surface area contributed by atoms with Crippen LogP contribution in [0, 0.1) is 6.92 Å². The van der Waals surface area contributed by atoms with Gasteiger partial charge in [0.05, 0.1) is 5.02 Å². The number of H-pyrrole nitrogens is 1. The number of amides is 1. The van der Waals surface area contributed by atoms with Crippen molar-refractivity contribution < 1.29 is 4.79 Å². The SMILES string of the molecule is CCCCn1c(N)c(N(CC)C(=O)c2sc3cccc(C)c3c2Cl)c(=O)[nH]c1=O. The third-order valence-corrected chi connectivity index (χ3v) is 6.47. The van der Waals surface area contributed by atoms with Crippen LogP contribution in [-0.4, -0.2) is 22.0 Å². The average Bonchev–Trinajstić information content (AvgIpc) is 3.02. The molecule has 1 aromatic carbocycles. The predicted molar refractivity (Wildman–Crippen MR) is 120 cm³/mol. The monoisotopic (exact) mass is 434 g/mol. The summed E-state index contributed by atoms with van der Waals surface area (Å²) in [5.74, 6) is -0.438. The number of aromatic amines is 1. The minimum absolute atomic E-state index is 0.0178. The Kier molecular flexibility index (Phi) is 6.14. The molecule has 3 aromatic rings. The van der Waals surface area contributed by atoms with E-state index in [2.05, 4.69) is 4.98 Å². The van der Waals surface area contributed by atoms with E-state index in [1.807, 2.05) is 32.0 Å². The number of nitrogens with zero attached hydrogens (tertiary/aromatic N) is 2. The molecule has 3 N–H and O–H groups in total. The number of halogens is 1. The number of benzene rings is 1. The van der Waals surface area contributed by atoms with Crippen molar-refractivity contribution in [2.24, 2.45) is 0 Å². The van der Waals surface area contributed by atoms with E-state index >= 15 is 0 Å². The lowest BCUT2D eigenvalue weighted by atomic mass is 10.1. The molecule has 0 saturated heterocycles. The van der Waals surface area contributed by atoms with Crippen LogP contribution in [0.3, 0.4) is 0 Å². The van der Waals surface area contributed by atoms with Gasteiger partial charge in [-0.15, -0.1) is 11.3 Å². The second kappa shape index (κ2) is 8.42. The van der Waals surface area contributed by atoms with Gasteiger partial charge in [0.25, 0.3) is 11.5 Å². The molecular weight excluding hydrogens is 412 g/mol. The average molecular weight is 435 g/mol. The van der Waals surface area contributed by atoms with E-state index in [4.69, 9.17) is 17.3 Å². The zero-order valence-electron chi connectivity index (χ0n) is 16.5. The maximum Gasteiger partial charge on any atom is 0.330 e. The second-order valence-electron chi connectivity index (χ2n) is 6.74. The number of rotatable bonds is 6. The van der Waals surface area contributed by atoms with Gasteiger partial charge in [0.1, 0.15) is 10.7 Å². The number of thiophene rings is 1. The van der Waals surface area contributed by atoms with Gasteiger partial charge in [-0.1, -0.05) is 37.1 Å². The molecule has 7 nitrogen and oxygen atoms in total. The van der Waals surface area contributed by atoms with E-state index in [1.165, 1.54) is 20.8 Å². The summed E-state index contributed by atoms with van der Waals surface area (Å²) in [5, 5.41) is 1.19. The number of carbonyl (C=O) groups excluding carboxylic acids is 1. The van der Waals surface area contributed by atoms with Crippen molar-refractivity contribution in [2.45, 2.75) is 40.2 Å². The zero-order valence-corrected chi connectivity index (χ0v) is 18.1. The summed E-state index contributed by atoms with van der Waals surface area (Å²) in [6, 6.07) is 5.74. The summed E-state index contributed by atoms with van der Waals surface area (Å²) in [5.41, 5.74) is 5.84. The minimum Gasteiger partial charge on any atom is -0.383 e. The van der Waals surface area contributed by atoms with Crippen LogP contribution in [0.4, 0.5) is 11.5 Å². The van der Waals surface area contributed by atoms with Crippen LogP contribution in [0.5, 0.6) is 0 Å². The lowest BCUT2D eigenvalue weighted by Gasteiger charge is -2.22. The van der Waals surface area contributed by atoms with Crippen molar-refractivity contribution in [2.75, 3.05) is 17.2 Å². The number of hydrogen-bond acceptors (Lipinski definition) is 5. The van der Waals surface area contributed by atoms with E-state index in [0.717, 1.165) is 28.5 Å². The number of fused-ring (bicyclic) bond motifs is 1. The Morgan fingerprint density at radius 1 is 1.31 bits per heavy atom. The Hall–Kier alpha value is -2.58. The Labute approximate surface area is 176 Å². The highest BCUT2D eigenvalue weighted by atomic mass is 35.5. The van der Waals surface area contributed by atoms with Crippen molar-refractivity contribution >= 4 is 50.4 Å². The number of nitrogens with one attached hydrogen (secondary N) is 1. The molecule has 154 valence electrons. The summed E-state index contributed by atoms with van der Waals surface area (Å²) in [6.45, 7) is 6.21. The maximum atomic E-state index is 13.3. The summed E-state index contributed by atoms with van der Waals surface area (Å²) in [7, 11) is 0. The first kappa shape index (κ1) is 21.1. The molecule has 0 saturated carbocycles. The summed E-state index contributed by atoms with van der Waals surface area (Å²) in [4.78, 5) is 42.0. The predicted octanol–water partition coefficient (Wildman–Crippen LogP) is 3.76. The topological polar surface area (TPSA) is 101 Å².